The second-order valence-electron chi connectivity index (χ2n) is 3.67. The van der Waals surface area contributed by atoms with E-state index in [4.69, 9.17) is 4.89 Å². The molecule has 1 aromatic rings. The van der Waals surface area contributed by atoms with Crippen LogP contribution in [-0.4, -0.2) is 26.7 Å². The third kappa shape index (κ3) is 3.10. The molecule has 0 saturated carbocycles. The van der Waals surface area contributed by atoms with Crippen LogP contribution in [-0.2, 0) is 19.6 Å². The predicted molar refractivity (Wildman–Crippen MR) is 66.5 cm³/mol. The van der Waals surface area contributed by atoms with Gasteiger partial charge in [-0.05, 0) is 26.0 Å². The summed E-state index contributed by atoms with van der Waals surface area (Å²) in [4.78, 5) is 9.12. The van der Waals surface area contributed by atoms with E-state index in [1.807, 2.05) is 0 Å². The number of aliphatic hydroxyl groups excluding tert-OH is 1. The van der Waals surface area contributed by atoms with Crippen molar-refractivity contribution in [1.82, 2.24) is 0 Å². The molecule has 0 amide bonds. The normalized spacial score (nSPS) is 15.1. The molecule has 1 unspecified atom stereocenters. The molecule has 6 heteroatoms. The van der Waals surface area contributed by atoms with E-state index in [0.717, 1.165) is 0 Å². The fourth-order valence-corrected chi connectivity index (χ4v) is 3.26. The van der Waals surface area contributed by atoms with Crippen molar-refractivity contribution in [3.8, 4) is 0 Å². The molecule has 0 fully saturated rings. The summed E-state index contributed by atoms with van der Waals surface area (Å²) >= 11 is 0. The molecule has 0 aliphatic rings. The molecule has 0 bridgehead atoms. The number of hydrogen-bond acceptors (Lipinski definition) is 5. The average molecular weight is 272 g/mol. The highest BCUT2D eigenvalue weighted by atomic mass is 32.2. The molecular weight excluding hydrogens is 256 g/mol. The fourth-order valence-electron chi connectivity index (χ4n) is 1.62. The molecule has 100 valence electrons. The lowest BCUT2D eigenvalue weighted by Gasteiger charge is -2.16. The van der Waals surface area contributed by atoms with Crippen molar-refractivity contribution in [3.63, 3.8) is 0 Å². The van der Waals surface area contributed by atoms with Crippen LogP contribution in [0.4, 0.5) is 0 Å². The third-order valence-electron chi connectivity index (χ3n) is 2.31. The lowest BCUT2D eigenvalue weighted by molar-refractivity contribution is -0.290. The molecule has 0 aliphatic heterocycles. The highest BCUT2D eigenvalue weighted by Gasteiger charge is 2.29. The van der Waals surface area contributed by atoms with Crippen LogP contribution in [0.2, 0.25) is 0 Å². The zero-order valence-electron chi connectivity index (χ0n) is 10.5. The summed E-state index contributed by atoms with van der Waals surface area (Å²) < 4.78 is 24.7. The van der Waals surface area contributed by atoms with Crippen molar-refractivity contribution in [2.75, 3.05) is 7.11 Å². The van der Waals surface area contributed by atoms with Gasteiger partial charge >= 0.3 is 0 Å². The topological polar surface area (TPSA) is 72.8 Å². The summed E-state index contributed by atoms with van der Waals surface area (Å²) in [5.41, 5.74) is 0. The maximum absolute atomic E-state index is 12.3. The zero-order chi connectivity index (χ0) is 13.8. The number of rotatable bonds is 5. The van der Waals surface area contributed by atoms with Gasteiger partial charge in [-0.15, -0.1) is 0 Å². The van der Waals surface area contributed by atoms with Crippen molar-refractivity contribution in [3.05, 3.63) is 41.0 Å². The van der Waals surface area contributed by atoms with Gasteiger partial charge in [0.05, 0.1) is 12.0 Å². The van der Waals surface area contributed by atoms with Gasteiger partial charge in [0.2, 0.25) is 9.84 Å². The monoisotopic (exact) mass is 272 g/mol. The zero-order valence-corrected chi connectivity index (χ0v) is 11.3. The predicted octanol–water partition coefficient (Wildman–Crippen LogP) is 2.22. The van der Waals surface area contributed by atoms with E-state index in [1.165, 1.54) is 33.1 Å². The Labute approximate surface area is 107 Å². The number of benzene rings is 1. The smallest absolute Gasteiger partial charge is 0.208 e. The minimum absolute atomic E-state index is 0.0972. The van der Waals surface area contributed by atoms with E-state index in [1.54, 1.807) is 18.2 Å². The van der Waals surface area contributed by atoms with Gasteiger partial charge in [-0.25, -0.2) is 18.2 Å². The first kappa shape index (κ1) is 14.7. The first-order chi connectivity index (χ1) is 8.41. The molecule has 0 heterocycles. The summed E-state index contributed by atoms with van der Waals surface area (Å²) in [6.07, 6.45) is -0.898. The van der Waals surface area contributed by atoms with Crippen LogP contribution in [0.1, 0.15) is 13.8 Å². The highest BCUT2D eigenvalue weighted by Crippen LogP contribution is 2.25. The Kier molecular flexibility index (Phi) is 4.89. The van der Waals surface area contributed by atoms with Crippen molar-refractivity contribution < 1.29 is 23.3 Å². The van der Waals surface area contributed by atoms with Crippen molar-refractivity contribution >= 4 is 9.84 Å². The molecule has 0 saturated heterocycles. The molecule has 0 spiro atoms. The maximum atomic E-state index is 12.3. The SMILES string of the molecule is COOC(C)/C(=C(/C)O)S(=O)(=O)c1ccccc1. The molecule has 1 rings (SSSR count). The Bertz CT molecular complexity index is 515. The Morgan fingerprint density at radius 1 is 1.28 bits per heavy atom. The molecule has 18 heavy (non-hydrogen) atoms. The van der Waals surface area contributed by atoms with Crippen molar-refractivity contribution in [2.45, 2.75) is 24.8 Å². The van der Waals surface area contributed by atoms with Crippen LogP contribution in [0.15, 0.2) is 45.9 Å². The van der Waals surface area contributed by atoms with Gasteiger partial charge in [-0.3, -0.25) is 0 Å². The third-order valence-corrected chi connectivity index (χ3v) is 4.41. The standard InChI is InChI=1S/C12H16O5S/c1-9(13)12(10(2)17-16-3)18(14,15)11-7-5-4-6-8-11/h4-8,10,13H,1-3H3/b12-9+. The van der Waals surface area contributed by atoms with Crippen LogP contribution in [0.5, 0.6) is 0 Å². The van der Waals surface area contributed by atoms with E-state index in [2.05, 4.69) is 4.89 Å². The Hall–Kier alpha value is -1.37. The number of sulfone groups is 1. The molecule has 5 nitrogen and oxygen atoms in total. The van der Waals surface area contributed by atoms with Gasteiger partial charge < -0.3 is 5.11 Å². The van der Waals surface area contributed by atoms with Crippen molar-refractivity contribution in [1.29, 1.82) is 0 Å². The van der Waals surface area contributed by atoms with Crippen LogP contribution < -0.4 is 0 Å². The van der Waals surface area contributed by atoms with Crippen LogP contribution >= 0.6 is 0 Å². The summed E-state index contributed by atoms with van der Waals surface area (Å²) in [5.74, 6) is -0.316. The molecule has 1 aromatic carbocycles. The lowest BCUT2D eigenvalue weighted by Crippen LogP contribution is -2.20. The van der Waals surface area contributed by atoms with Crippen LogP contribution in [0.3, 0.4) is 0 Å². The minimum atomic E-state index is -3.80. The van der Waals surface area contributed by atoms with E-state index in [0.29, 0.717) is 0 Å². The summed E-state index contributed by atoms with van der Waals surface area (Å²) in [7, 11) is -2.52. The molecule has 0 aromatic heterocycles. The van der Waals surface area contributed by atoms with E-state index in [9.17, 15) is 13.5 Å². The summed E-state index contributed by atoms with van der Waals surface area (Å²) in [6, 6.07) is 7.84. The van der Waals surface area contributed by atoms with Gasteiger partial charge in [0.15, 0.2) is 0 Å². The lowest BCUT2D eigenvalue weighted by atomic mass is 10.3. The minimum Gasteiger partial charge on any atom is -0.511 e. The second-order valence-corrected chi connectivity index (χ2v) is 5.59. The van der Waals surface area contributed by atoms with Gasteiger partial charge in [0, 0.05) is 0 Å². The van der Waals surface area contributed by atoms with E-state index >= 15 is 0 Å². The van der Waals surface area contributed by atoms with Gasteiger partial charge in [-0.1, -0.05) is 18.2 Å². The quantitative estimate of drug-likeness (QED) is 0.505. The second kappa shape index (κ2) is 5.99. The molecule has 0 radical (unpaired) electrons. The molecule has 1 N–H and O–H groups in total. The largest absolute Gasteiger partial charge is 0.511 e. The first-order valence-electron chi connectivity index (χ1n) is 5.30. The number of hydrogen-bond donors (Lipinski definition) is 1. The Morgan fingerprint density at radius 2 is 1.83 bits per heavy atom. The average Bonchev–Trinajstić information content (AvgIpc) is 2.29. The van der Waals surface area contributed by atoms with Gasteiger partial charge in [-0.2, -0.15) is 0 Å². The summed E-state index contributed by atoms with van der Waals surface area (Å²) in [5, 5.41) is 9.57. The van der Waals surface area contributed by atoms with Gasteiger partial charge in [0.25, 0.3) is 0 Å². The highest BCUT2D eigenvalue weighted by molar-refractivity contribution is 7.95. The maximum Gasteiger partial charge on any atom is 0.208 e. The molecule has 1 atom stereocenters. The Balaban J connectivity index is 3.28. The Morgan fingerprint density at radius 3 is 2.28 bits per heavy atom. The van der Waals surface area contributed by atoms with Crippen molar-refractivity contribution in [2.24, 2.45) is 0 Å². The molecule has 0 aliphatic carbocycles. The van der Waals surface area contributed by atoms with Crippen LogP contribution in [0.25, 0.3) is 0 Å². The summed E-state index contributed by atoms with van der Waals surface area (Å²) in [6.45, 7) is 2.78. The molecular formula is C12H16O5S. The van der Waals surface area contributed by atoms with Crippen LogP contribution in [0, 0.1) is 0 Å². The fraction of sp³-hybridized carbons (Fsp3) is 0.333. The number of aliphatic hydroxyl groups is 1. The first-order valence-corrected chi connectivity index (χ1v) is 6.79. The number of allylic oxidation sites excluding steroid dienone is 1. The van der Waals surface area contributed by atoms with E-state index < -0.39 is 15.9 Å². The van der Waals surface area contributed by atoms with Gasteiger partial charge in [0.1, 0.15) is 16.8 Å². The van der Waals surface area contributed by atoms with E-state index in [-0.39, 0.29) is 15.6 Å².